The highest BCUT2D eigenvalue weighted by atomic mass is 16.5. The van der Waals surface area contributed by atoms with Crippen LogP contribution in [-0.2, 0) is 18.4 Å². The van der Waals surface area contributed by atoms with Crippen LogP contribution in [0.2, 0.25) is 0 Å². The van der Waals surface area contributed by atoms with Crippen molar-refractivity contribution < 1.29 is 14.6 Å². The summed E-state index contributed by atoms with van der Waals surface area (Å²) in [6.07, 6.45) is 3.51. The summed E-state index contributed by atoms with van der Waals surface area (Å²) in [4.78, 5) is 39.3. The van der Waals surface area contributed by atoms with Gasteiger partial charge in [-0.25, -0.2) is 14.2 Å². The maximum Gasteiger partial charge on any atom is 0.332 e. The second kappa shape index (κ2) is 9.21. The van der Waals surface area contributed by atoms with E-state index in [-0.39, 0.29) is 18.4 Å². The Kier molecular flexibility index (Phi) is 6.32. The number of rotatable bonds is 8. The average molecular weight is 464 g/mol. The minimum absolute atomic E-state index is 0.198. The summed E-state index contributed by atoms with van der Waals surface area (Å²) in [5.41, 5.74) is 2.22. The van der Waals surface area contributed by atoms with Gasteiger partial charge in [0.05, 0.1) is 24.6 Å². The number of carboxylic acid groups (broad SMARTS) is 1. The standard InChI is InChI=1S/C26H29N3O5/c1-5-6-9-22(25(31)32)29-24(30)19-13-18(34-4)11-12-20(19)28(26(29)33)15-17-14-27(3)21-10-7-8-16(2)23(17)21/h7-8,10-14,22H,5-6,9,15H2,1-4H3,(H,31,32)/t22-/m0/s1. The number of fused-ring (bicyclic) bond motifs is 2. The molecule has 178 valence electrons. The van der Waals surface area contributed by atoms with Crippen molar-refractivity contribution in [1.29, 1.82) is 0 Å². The SMILES string of the molecule is CCCC[C@@H](C(=O)O)n1c(=O)c2cc(OC)ccc2n(Cc2cn(C)c3cccc(C)c23)c1=O. The van der Waals surface area contributed by atoms with Gasteiger partial charge in [-0.1, -0.05) is 31.9 Å². The number of carboxylic acids is 1. The van der Waals surface area contributed by atoms with Crippen LogP contribution < -0.4 is 16.0 Å². The van der Waals surface area contributed by atoms with Gasteiger partial charge in [0.1, 0.15) is 11.8 Å². The van der Waals surface area contributed by atoms with E-state index in [4.69, 9.17) is 4.74 Å². The molecule has 4 rings (SSSR count). The fourth-order valence-corrected chi connectivity index (χ4v) is 4.71. The highest BCUT2D eigenvalue weighted by Gasteiger charge is 2.26. The van der Waals surface area contributed by atoms with E-state index in [1.165, 1.54) is 11.7 Å². The molecule has 0 aliphatic rings. The van der Waals surface area contributed by atoms with Crippen molar-refractivity contribution in [3.63, 3.8) is 0 Å². The van der Waals surface area contributed by atoms with Crippen molar-refractivity contribution in [3.8, 4) is 5.75 Å². The zero-order chi connectivity index (χ0) is 24.6. The first-order chi connectivity index (χ1) is 16.3. The largest absolute Gasteiger partial charge is 0.497 e. The van der Waals surface area contributed by atoms with Crippen molar-refractivity contribution in [2.45, 2.75) is 45.7 Å². The zero-order valence-electron chi connectivity index (χ0n) is 19.9. The number of ether oxygens (including phenoxy) is 1. The summed E-state index contributed by atoms with van der Waals surface area (Å²) in [5.74, 6) is -0.731. The molecule has 34 heavy (non-hydrogen) atoms. The van der Waals surface area contributed by atoms with E-state index in [1.54, 1.807) is 18.2 Å². The van der Waals surface area contributed by atoms with Crippen LogP contribution in [0.4, 0.5) is 0 Å². The fourth-order valence-electron chi connectivity index (χ4n) is 4.71. The van der Waals surface area contributed by atoms with Gasteiger partial charge in [-0.05, 0) is 48.7 Å². The summed E-state index contributed by atoms with van der Waals surface area (Å²) in [5, 5.41) is 11.2. The zero-order valence-corrected chi connectivity index (χ0v) is 19.9. The van der Waals surface area contributed by atoms with Crippen molar-refractivity contribution in [2.24, 2.45) is 7.05 Å². The molecule has 8 heteroatoms. The highest BCUT2D eigenvalue weighted by molar-refractivity contribution is 5.87. The molecule has 4 aromatic rings. The molecule has 0 aliphatic carbocycles. The van der Waals surface area contributed by atoms with E-state index < -0.39 is 23.3 Å². The van der Waals surface area contributed by atoms with Crippen LogP contribution in [0, 0.1) is 6.92 Å². The van der Waals surface area contributed by atoms with Crippen LogP contribution in [0.1, 0.15) is 43.4 Å². The lowest BCUT2D eigenvalue weighted by Crippen LogP contribution is -2.44. The Morgan fingerprint density at radius 1 is 1.15 bits per heavy atom. The number of benzene rings is 2. The van der Waals surface area contributed by atoms with Gasteiger partial charge in [0.25, 0.3) is 5.56 Å². The molecule has 0 saturated heterocycles. The Labute approximate surface area is 196 Å². The first-order valence-electron chi connectivity index (χ1n) is 11.4. The number of hydrogen-bond acceptors (Lipinski definition) is 4. The molecule has 1 atom stereocenters. The van der Waals surface area contributed by atoms with E-state index in [0.29, 0.717) is 17.7 Å². The lowest BCUT2D eigenvalue weighted by atomic mass is 10.1. The van der Waals surface area contributed by atoms with Gasteiger partial charge in [0.2, 0.25) is 0 Å². The number of aliphatic carboxylic acids is 1. The van der Waals surface area contributed by atoms with Crippen molar-refractivity contribution >= 4 is 27.8 Å². The van der Waals surface area contributed by atoms with Crippen LogP contribution in [0.25, 0.3) is 21.8 Å². The van der Waals surface area contributed by atoms with Gasteiger partial charge in [-0.15, -0.1) is 0 Å². The summed E-state index contributed by atoms with van der Waals surface area (Å²) in [6.45, 7) is 4.15. The third-order valence-corrected chi connectivity index (χ3v) is 6.44. The maximum absolute atomic E-state index is 13.7. The monoisotopic (exact) mass is 463 g/mol. The molecule has 2 aromatic heterocycles. The highest BCUT2D eigenvalue weighted by Crippen LogP contribution is 2.26. The minimum atomic E-state index is -1.24. The normalized spacial score (nSPS) is 12.4. The van der Waals surface area contributed by atoms with E-state index in [2.05, 4.69) is 0 Å². The molecule has 0 radical (unpaired) electrons. The predicted octanol–water partition coefficient (Wildman–Crippen LogP) is 3.84. The topological polar surface area (TPSA) is 95.5 Å². The Balaban J connectivity index is 2.03. The first kappa shape index (κ1) is 23.4. The van der Waals surface area contributed by atoms with Gasteiger partial charge < -0.3 is 14.4 Å². The molecule has 2 heterocycles. The van der Waals surface area contributed by atoms with E-state index in [9.17, 15) is 19.5 Å². The lowest BCUT2D eigenvalue weighted by molar-refractivity contribution is -0.141. The van der Waals surface area contributed by atoms with Gasteiger partial charge in [0, 0.05) is 24.1 Å². The van der Waals surface area contributed by atoms with Crippen molar-refractivity contribution in [3.05, 3.63) is 74.6 Å². The molecule has 0 amide bonds. The Morgan fingerprint density at radius 2 is 1.91 bits per heavy atom. The third kappa shape index (κ3) is 3.89. The Hall–Kier alpha value is -3.81. The number of unbranched alkanes of at least 4 members (excludes halogenated alkanes) is 1. The van der Waals surface area contributed by atoms with Crippen LogP contribution in [0.3, 0.4) is 0 Å². The number of methoxy groups -OCH3 is 1. The molecule has 0 aliphatic heterocycles. The molecular weight excluding hydrogens is 434 g/mol. The van der Waals surface area contributed by atoms with Crippen LogP contribution >= 0.6 is 0 Å². The van der Waals surface area contributed by atoms with Gasteiger partial charge >= 0.3 is 11.7 Å². The first-order valence-corrected chi connectivity index (χ1v) is 11.4. The predicted molar refractivity (Wildman–Crippen MR) is 132 cm³/mol. The van der Waals surface area contributed by atoms with E-state index >= 15 is 0 Å². The molecule has 1 N–H and O–H groups in total. The number of carbonyl (C=O) groups is 1. The number of hydrogen-bond donors (Lipinski definition) is 1. The fraction of sp³-hybridized carbons (Fsp3) is 0.346. The molecule has 8 nitrogen and oxygen atoms in total. The molecule has 0 spiro atoms. The minimum Gasteiger partial charge on any atom is -0.497 e. The van der Waals surface area contributed by atoms with Crippen molar-refractivity contribution in [1.82, 2.24) is 13.7 Å². The van der Waals surface area contributed by atoms with Crippen LogP contribution in [-0.4, -0.2) is 31.9 Å². The molecule has 0 fully saturated rings. The summed E-state index contributed by atoms with van der Waals surface area (Å²) in [6, 6.07) is 9.73. The second-order valence-corrected chi connectivity index (χ2v) is 8.66. The Bertz CT molecular complexity index is 1510. The maximum atomic E-state index is 13.7. The van der Waals surface area contributed by atoms with Crippen LogP contribution in [0.15, 0.2) is 52.2 Å². The van der Waals surface area contributed by atoms with Gasteiger partial charge in [-0.2, -0.15) is 0 Å². The molecule has 0 bridgehead atoms. The van der Waals surface area contributed by atoms with Gasteiger partial charge in [0.15, 0.2) is 0 Å². The summed E-state index contributed by atoms with van der Waals surface area (Å²) >= 11 is 0. The van der Waals surface area contributed by atoms with E-state index in [0.717, 1.165) is 33.0 Å². The summed E-state index contributed by atoms with van der Waals surface area (Å²) < 4.78 is 9.70. The number of aromatic nitrogens is 3. The molecule has 0 saturated carbocycles. The lowest BCUT2D eigenvalue weighted by Gasteiger charge is -2.19. The average Bonchev–Trinajstić information content (AvgIpc) is 3.14. The smallest absolute Gasteiger partial charge is 0.332 e. The summed E-state index contributed by atoms with van der Waals surface area (Å²) in [7, 11) is 3.44. The Morgan fingerprint density at radius 3 is 2.59 bits per heavy atom. The second-order valence-electron chi connectivity index (χ2n) is 8.66. The number of aryl methyl sites for hydroxylation is 2. The van der Waals surface area contributed by atoms with Crippen molar-refractivity contribution in [2.75, 3.05) is 7.11 Å². The molecular formula is C26H29N3O5. The van der Waals surface area contributed by atoms with E-state index in [1.807, 2.05) is 49.9 Å². The third-order valence-electron chi connectivity index (χ3n) is 6.44. The molecule has 0 unspecified atom stereocenters. The van der Waals surface area contributed by atoms with Crippen LogP contribution in [0.5, 0.6) is 5.75 Å². The number of nitrogens with zero attached hydrogens (tertiary/aromatic N) is 3. The van der Waals surface area contributed by atoms with Gasteiger partial charge in [-0.3, -0.25) is 9.36 Å². The molecule has 2 aromatic carbocycles. The quantitative estimate of drug-likeness (QED) is 0.428.